The van der Waals surface area contributed by atoms with Gasteiger partial charge in [0.1, 0.15) is 5.01 Å². The van der Waals surface area contributed by atoms with Gasteiger partial charge in [0.05, 0.1) is 6.04 Å². The van der Waals surface area contributed by atoms with Crippen LogP contribution in [0.2, 0.25) is 0 Å². The van der Waals surface area contributed by atoms with Crippen LogP contribution >= 0.6 is 11.3 Å². The van der Waals surface area contributed by atoms with Crippen LogP contribution in [-0.2, 0) is 0 Å². The summed E-state index contributed by atoms with van der Waals surface area (Å²) in [5.41, 5.74) is 3.98. The summed E-state index contributed by atoms with van der Waals surface area (Å²) in [6.45, 7) is 8.66. The van der Waals surface area contributed by atoms with Crippen molar-refractivity contribution in [2.24, 2.45) is 0 Å². The van der Waals surface area contributed by atoms with Crippen molar-refractivity contribution in [1.82, 2.24) is 10.3 Å². The number of hydrogen-bond donors (Lipinski definition) is 1. The Morgan fingerprint density at radius 1 is 1.06 bits per heavy atom. The highest BCUT2D eigenvalue weighted by atomic mass is 32.1. The minimum Gasteiger partial charge on any atom is -0.302 e. The van der Waals surface area contributed by atoms with E-state index in [0.29, 0.717) is 12.1 Å². The van der Waals surface area contributed by atoms with Crippen molar-refractivity contribution < 1.29 is 0 Å². The molecule has 0 saturated heterocycles. The summed E-state index contributed by atoms with van der Waals surface area (Å²) < 4.78 is 0. The molecule has 0 radical (unpaired) electrons. The minimum atomic E-state index is 0.292. The minimum absolute atomic E-state index is 0.292. The molecule has 1 heterocycles. The highest BCUT2D eigenvalue weighted by Crippen LogP contribution is 2.22. The van der Waals surface area contributed by atoms with Crippen LogP contribution in [0, 0.1) is 13.8 Å². The smallest absolute Gasteiger partial charge is 0.109 e. The lowest BCUT2D eigenvalue weighted by Gasteiger charge is -2.19. The largest absolute Gasteiger partial charge is 0.302 e. The standard InChI is InChI=1S/C15H20N2S/c1-10-7-11(2)9-14(8-10)12(3)17-13(4)15-16-5-6-18-15/h5-9,12-13,17H,1-4H3. The quantitative estimate of drug-likeness (QED) is 0.892. The molecule has 2 atom stereocenters. The zero-order valence-electron chi connectivity index (χ0n) is 11.4. The fraction of sp³-hybridized carbons (Fsp3) is 0.400. The fourth-order valence-electron chi connectivity index (χ4n) is 2.25. The summed E-state index contributed by atoms with van der Waals surface area (Å²) in [7, 11) is 0. The Hall–Kier alpha value is -1.19. The van der Waals surface area contributed by atoms with Gasteiger partial charge in [0.15, 0.2) is 0 Å². The zero-order chi connectivity index (χ0) is 13.1. The third-order valence-electron chi connectivity index (χ3n) is 3.07. The summed E-state index contributed by atoms with van der Waals surface area (Å²) >= 11 is 1.70. The molecule has 0 aliphatic rings. The van der Waals surface area contributed by atoms with Gasteiger partial charge in [-0.3, -0.25) is 0 Å². The maximum absolute atomic E-state index is 4.35. The van der Waals surface area contributed by atoms with Crippen molar-refractivity contribution in [3.63, 3.8) is 0 Å². The van der Waals surface area contributed by atoms with Gasteiger partial charge in [-0.25, -0.2) is 4.98 Å². The van der Waals surface area contributed by atoms with Gasteiger partial charge in [-0.1, -0.05) is 29.3 Å². The van der Waals surface area contributed by atoms with E-state index in [2.05, 4.69) is 56.2 Å². The van der Waals surface area contributed by atoms with Crippen molar-refractivity contribution in [3.05, 3.63) is 51.5 Å². The molecule has 3 heteroatoms. The second kappa shape index (κ2) is 5.63. The molecule has 0 bridgehead atoms. The Kier molecular flexibility index (Phi) is 4.15. The molecule has 0 spiro atoms. The van der Waals surface area contributed by atoms with Gasteiger partial charge in [0.2, 0.25) is 0 Å². The second-order valence-corrected chi connectivity index (χ2v) is 5.83. The molecule has 1 N–H and O–H groups in total. The number of benzene rings is 1. The van der Waals surface area contributed by atoms with Crippen molar-refractivity contribution in [1.29, 1.82) is 0 Å². The predicted octanol–water partition coefficient (Wildman–Crippen LogP) is 4.17. The molecular formula is C15H20N2S. The molecule has 0 aliphatic heterocycles. The molecule has 18 heavy (non-hydrogen) atoms. The Morgan fingerprint density at radius 2 is 1.72 bits per heavy atom. The number of nitrogens with one attached hydrogen (secondary N) is 1. The molecular weight excluding hydrogens is 240 g/mol. The average molecular weight is 260 g/mol. The lowest BCUT2D eigenvalue weighted by molar-refractivity contribution is 0.493. The summed E-state index contributed by atoms with van der Waals surface area (Å²) in [6, 6.07) is 7.34. The molecule has 0 amide bonds. The molecule has 1 aromatic heterocycles. The lowest BCUT2D eigenvalue weighted by Crippen LogP contribution is -2.22. The number of nitrogens with zero attached hydrogens (tertiary/aromatic N) is 1. The van der Waals surface area contributed by atoms with Crippen LogP contribution in [0.5, 0.6) is 0 Å². The van der Waals surface area contributed by atoms with Crippen molar-refractivity contribution >= 4 is 11.3 Å². The highest BCUT2D eigenvalue weighted by molar-refractivity contribution is 7.09. The molecule has 1 aromatic carbocycles. The van der Waals surface area contributed by atoms with Crippen molar-refractivity contribution in [2.75, 3.05) is 0 Å². The van der Waals surface area contributed by atoms with Gasteiger partial charge >= 0.3 is 0 Å². The SMILES string of the molecule is Cc1cc(C)cc(C(C)NC(C)c2nccs2)c1. The third-order valence-corrected chi connectivity index (χ3v) is 4.02. The van der Waals surface area contributed by atoms with E-state index in [4.69, 9.17) is 0 Å². The van der Waals surface area contributed by atoms with Crippen LogP contribution in [0.3, 0.4) is 0 Å². The van der Waals surface area contributed by atoms with Crippen LogP contribution < -0.4 is 5.32 Å². The van der Waals surface area contributed by atoms with E-state index in [1.165, 1.54) is 16.7 Å². The van der Waals surface area contributed by atoms with Gasteiger partial charge in [0.25, 0.3) is 0 Å². The number of rotatable bonds is 4. The molecule has 2 nitrogen and oxygen atoms in total. The average Bonchev–Trinajstić information content (AvgIpc) is 2.80. The zero-order valence-corrected chi connectivity index (χ0v) is 12.2. The maximum atomic E-state index is 4.35. The van der Waals surface area contributed by atoms with Gasteiger partial charge in [-0.05, 0) is 33.3 Å². The normalized spacial score (nSPS) is 14.4. The monoisotopic (exact) mass is 260 g/mol. The van der Waals surface area contributed by atoms with E-state index in [-0.39, 0.29) is 0 Å². The Balaban J connectivity index is 2.09. The number of aromatic nitrogens is 1. The summed E-state index contributed by atoms with van der Waals surface area (Å²) in [4.78, 5) is 4.35. The van der Waals surface area contributed by atoms with Crippen LogP contribution in [-0.4, -0.2) is 4.98 Å². The van der Waals surface area contributed by atoms with Gasteiger partial charge in [-0.15, -0.1) is 11.3 Å². The van der Waals surface area contributed by atoms with Gasteiger partial charge < -0.3 is 5.32 Å². The topological polar surface area (TPSA) is 24.9 Å². The van der Waals surface area contributed by atoms with Crippen molar-refractivity contribution in [2.45, 2.75) is 39.8 Å². The lowest BCUT2D eigenvalue weighted by atomic mass is 10.0. The van der Waals surface area contributed by atoms with E-state index >= 15 is 0 Å². The molecule has 2 rings (SSSR count). The Morgan fingerprint density at radius 3 is 2.28 bits per heavy atom. The first kappa shape index (κ1) is 13.2. The number of hydrogen-bond acceptors (Lipinski definition) is 3. The molecule has 0 fully saturated rings. The molecule has 96 valence electrons. The van der Waals surface area contributed by atoms with Crippen molar-refractivity contribution in [3.8, 4) is 0 Å². The van der Waals surface area contributed by atoms with E-state index in [0.717, 1.165) is 5.01 Å². The predicted molar refractivity (Wildman–Crippen MR) is 78.0 cm³/mol. The van der Waals surface area contributed by atoms with Crippen LogP contribution in [0.25, 0.3) is 0 Å². The molecule has 2 aromatic rings. The Labute approximate surface area is 113 Å². The van der Waals surface area contributed by atoms with E-state index in [1.54, 1.807) is 11.3 Å². The summed E-state index contributed by atoms with van der Waals surface area (Å²) in [6.07, 6.45) is 1.86. The van der Waals surface area contributed by atoms with Crippen LogP contribution in [0.4, 0.5) is 0 Å². The Bertz CT molecular complexity index is 485. The second-order valence-electron chi connectivity index (χ2n) is 4.90. The first-order valence-electron chi connectivity index (χ1n) is 6.30. The van der Waals surface area contributed by atoms with E-state index in [9.17, 15) is 0 Å². The first-order chi connectivity index (χ1) is 8.56. The van der Waals surface area contributed by atoms with Crippen LogP contribution in [0.1, 0.15) is 47.6 Å². The fourth-order valence-corrected chi connectivity index (χ4v) is 2.91. The molecule has 0 aliphatic carbocycles. The summed E-state index contributed by atoms with van der Waals surface area (Å²) in [5, 5.41) is 6.77. The van der Waals surface area contributed by atoms with E-state index in [1.807, 2.05) is 11.6 Å². The highest BCUT2D eigenvalue weighted by Gasteiger charge is 2.13. The van der Waals surface area contributed by atoms with Crippen LogP contribution in [0.15, 0.2) is 29.8 Å². The third kappa shape index (κ3) is 3.18. The van der Waals surface area contributed by atoms with Gasteiger partial charge in [0, 0.05) is 17.6 Å². The summed E-state index contributed by atoms with van der Waals surface area (Å²) in [5.74, 6) is 0. The maximum Gasteiger partial charge on any atom is 0.109 e. The molecule has 0 saturated carbocycles. The first-order valence-corrected chi connectivity index (χ1v) is 7.18. The number of aryl methyl sites for hydroxylation is 2. The van der Waals surface area contributed by atoms with E-state index < -0.39 is 0 Å². The number of thiazole rings is 1. The van der Waals surface area contributed by atoms with Gasteiger partial charge in [-0.2, -0.15) is 0 Å². The molecule has 2 unspecified atom stereocenters.